The summed E-state index contributed by atoms with van der Waals surface area (Å²) in [5.41, 5.74) is 1.39. The van der Waals surface area contributed by atoms with Crippen molar-refractivity contribution in [1.29, 1.82) is 0 Å². The molecule has 0 spiro atoms. The van der Waals surface area contributed by atoms with E-state index in [9.17, 15) is 4.79 Å². The van der Waals surface area contributed by atoms with E-state index in [0.717, 1.165) is 11.5 Å². The number of carbonyl (C=O) groups excluding carboxylic acids is 1. The lowest BCUT2D eigenvalue weighted by atomic mass is 10.1. The zero-order chi connectivity index (χ0) is 17.7. The van der Waals surface area contributed by atoms with Gasteiger partial charge in [0.1, 0.15) is 0 Å². The number of hydrogen-bond donors (Lipinski definition) is 3. The second-order valence-electron chi connectivity index (χ2n) is 7.71. The molecule has 1 aromatic carbocycles. The maximum atomic E-state index is 12.2. The standard InChI is InChI=1S/C18H30N4O.HI/c1-17(2,3)21-15(23)14-10-8-9-13(11-14)12-20-16(19-7)22-18(4,5)6;/h8-11H,12H2,1-7H3,(H,21,23)(H2,19,20,22);1H. The third-order valence-corrected chi connectivity index (χ3v) is 2.85. The minimum absolute atomic E-state index is 0. The molecule has 3 N–H and O–H groups in total. The monoisotopic (exact) mass is 446 g/mol. The predicted molar refractivity (Wildman–Crippen MR) is 112 cm³/mol. The molecule has 0 saturated heterocycles. The number of benzene rings is 1. The predicted octanol–water partition coefficient (Wildman–Crippen LogP) is 3.30. The molecule has 0 fully saturated rings. The fourth-order valence-electron chi connectivity index (χ4n) is 1.96. The van der Waals surface area contributed by atoms with Gasteiger partial charge >= 0.3 is 0 Å². The molecule has 1 rings (SSSR count). The zero-order valence-corrected chi connectivity index (χ0v) is 18.1. The van der Waals surface area contributed by atoms with Gasteiger partial charge in [0.25, 0.3) is 5.91 Å². The Hall–Kier alpha value is -1.31. The van der Waals surface area contributed by atoms with Gasteiger partial charge in [0, 0.05) is 30.2 Å². The molecule has 0 aliphatic heterocycles. The maximum absolute atomic E-state index is 12.2. The van der Waals surface area contributed by atoms with Gasteiger partial charge < -0.3 is 16.0 Å². The van der Waals surface area contributed by atoms with Gasteiger partial charge in [0.15, 0.2) is 5.96 Å². The largest absolute Gasteiger partial charge is 0.352 e. The van der Waals surface area contributed by atoms with Crippen molar-refractivity contribution in [3.05, 3.63) is 35.4 Å². The Morgan fingerprint density at radius 1 is 1.04 bits per heavy atom. The number of carbonyl (C=O) groups is 1. The Kier molecular flexibility index (Phi) is 8.74. The Morgan fingerprint density at radius 3 is 2.12 bits per heavy atom. The maximum Gasteiger partial charge on any atom is 0.251 e. The number of amides is 1. The fourth-order valence-corrected chi connectivity index (χ4v) is 1.96. The van der Waals surface area contributed by atoms with Gasteiger partial charge in [-0.1, -0.05) is 12.1 Å². The van der Waals surface area contributed by atoms with Crippen molar-refractivity contribution in [3.63, 3.8) is 0 Å². The molecule has 0 unspecified atom stereocenters. The summed E-state index contributed by atoms with van der Waals surface area (Å²) < 4.78 is 0. The first-order valence-electron chi connectivity index (χ1n) is 7.90. The van der Waals surface area contributed by atoms with Crippen molar-refractivity contribution < 1.29 is 4.79 Å². The number of aliphatic imine (C=N–C) groups is 1. The van der Waals surface area contributed by atoms with Crippen LogP contribution >= 0.6 is 24.0 Å². The van der Waals surface area contributed by atoms with Crippen LogP contribution in [-0.4, -0.2) is 30.0 Å². The van der Waals surface area contributed by atoms with Crippen molar-refractivity contribution in [1.82, 2.24) is 16.0 Å². The molecule has 1 amide bonds. The van der Waals surface area contributed by atoms with E-state index in [1.54, 1.807) is 7.05 Å². The third kappa shape index (κ3) is 9.10. The number of hydrogen-bond acceptors (Lipinski definition) is 2. The molecule has 136 valence electrons. The van der Waals surface area contributed by atoms with Gasteiger partial charge in [-0.05, 0) is 59.2 Å². The summed E-state index contributed by atoms with van der Waals surface area (Å²) in [4.78, 5) is 16.4. The quantitative estimate of drug-likeness (QED) is 0.379. The minimum Gasteiger partial charge on any atom is -0.352 e. The molecule has 0 aliphatic rings. The smallest absolute Gasteiger partial charge is 0.251 e. The SMILES string of the molecule is CN=C(NCc1cccc(C(=O)NC(C)(C)C)c1)NC(C)(C)C.I. The van der Waals surface area contributed by atoms with E-state index in [1.807, 2.05) is 45.0 Å². The number of guanidine groups is 1. The van der Waals surface area contributed by atoms with Crippen LogP contribution in [0.1, 0.15) is 57.5 Å². The van der Waals surface area contributed by atoms with Crippen LogP contribution in [0.25, 0.3) is 0 Å². The summed E-state index contributed by atoms with van der Waals surface area (Å²) in [5.74, 6) is 0.679. The molecule has 1 aromatic rings. The van der Waals surface area contributed by atoms with Crippen molar-refractivity contribution >= 4 is 35.8 Å². The number of nitrogens with zero attached hydrogens (tertiary/aromatic N) is 1. The van der Waals surface area contributed by atoms with Crippen molar-refractivity contribution in [2.75, 3.05) is 7.05 Å². The molecule has 0 aliphatic carbocycles. The molecular formula is C18H31IN4O. The van der Waals surface area contributed by atoms with E-state index < -0.39 is 0 Å². The molecule has 0 atom stereocenters. The van der Waals surface area contributed by atoms with Crippen LogP contribution in [0.15, 0.2) is 29.3 Å². The number of rotatable bonds is 3. The first-order chi connectivity index (χ1) is 10.5. The molecule has 24 heavy (non-hydrogen) atoms. The summed E-state index contributed by atoms with van der Waals surface area (Å²) in [5, 5.41) is 9.54. The molecular weight excluding hydrogens is 415 g/mol. The average Bonchev–Trinajstić information content (AvgIpc) is 2.40. The van der Waals surface area contributed by atoms with Crippen LogP contribution < -0.4 is 16.0 Å². The molecule has 0 radical (unpaired) electrons. The van der Waals surface area contributed by atoms with E-state index in [0.29, 0.717) is 12.1 Å². The van der Waals surface area contributed by atoms with E-state index in [2.05, 4.69) is 41.7 Å². The highest BCUT2D eigenvalue weighted by atomic mass is 127. The first-order valence-corrected chi connectivity index (χ1v) is 7.90. The fraction of sp³-hybridized carbons (Fsp3) is 0.556. The average molecular weight is 446 g/mol. The van der Waals surface area contributed by atoms with Crippen LogP contribution in [-0.2, 0) is 6.54 Å². The van der Waals surface area contributed by atoms with E-state index >= 15 is 0 Å². The summed E-state index contributed by atoms with van der Waals surface area (Å²) in [6.45, 7) is 12.8. The van der Waals surface area contributed by atoms with E-state index in [-0.39, 0.29) is 41.0 Å². The number of halogens is 1. The second kappa shape index (κ2) is 9.25. The topological polar surface area (TPSA) is 65.5 Å². The van der Waals surface area contributed by atoms with Crippen LogP contribution in [0.3, 0.4) is 0 Å². The van der Waals surface area contributed by atoms with Crippen LogP contribution in [0.4, 0.5) is 0 Å². The summed E-state index contributed by atoms with van der Waals surface area (Å²) >= 11 is 0. The molecule has 0 saturated carbocycles. The Morgan fingerprint density at radius 2 is 1.62 bits per heavy atom. The molecule has 0 heterocycles. The molecule has 6 heteroatoms. The van der Waals surface area contributed by atoms with Gasteiger partial charge in [-0.15, -0.1) is 24.0 Å². The van der Waals surface area contributed by atoms with Crippen LogP contribution in [0.5, 0.6) is 0 Å². The van der Waals surface area contributed by atoms with E-state index in [4.69, 9.17) is 0 Å². The van der Waals surface area contributed by atoms with Crippen LogP contribution in [0, 0.1) is 0 Å². The highest BCUT2D eigenvalue weighted by Gasteiger charge is 2.15. The highest BCUT2D eigenvalue weighted by molar-refractivity contribution is 14.0. The highest BCUT2D eigenvalue weighted by Crippen LogP contribution is 2.08. The zero-order valence-electron chi connectivity index (χ0n) is 15.8. The summed E-state index contributed by atoms with van der Waals surface area (Å²) in [6.07, 6.45) is 0. The van der Waals surface area contributed by atoms with Gasteiger partial charge in [-0.25, -0.2) is 0 Å². The van der Waals surface area contributed by atoms with E-state index in [1.165, 1.54) is 0 Å². The lowest BCUT2D eigenvalue weighted by Gasteiger charge is -2.24. The lowest BCUT2D eigenvalue weighted by molar-refractivity contribution is 0.0919. The minimum atomic E-state index is -0.246. The van der Waals surface area contributed by atoms with Crippen molar-refractivity contribution in [2.24, 2.45) is 4.99 Å². The Bertz CT molecular complexity index is 571. The normalized spacial score (nSPS) is 12.2. The van der Waals surface area contributed by atoms with Gasteiger partial charge in [0.2, 0.25) is 0 Å². The Labute approximate surface area is 163 Å². The summed E-state index contributed by atoms with van der Waals surface area (Å²) in [7, 11) is 1.74. The second-order valence-corrected chi connectivity index (χ2v) is 7.71. The molecule has 0 aromatic heterocycles. The van der Waals surface area contributed by atoms with Gasteiger partial charge in [-0.2, -0.15) is 0 Å². The lowest BCUT2D eigenvalue weighted by Crippen LogP contribution is -2.47. The van der Waals surface area contributed by atoms with Gasteiger partial charge in [-0.3, -0.25) is 9.79 Å². The summed E-state index contributed by atoms with van der Waals surface area (Å²) in [6, 6.07) is 7.62. The van der Waals surface area contributed by atoms with Gasteiger partial charge in [0.05, 0.1) is 0 Å². The van der Waals surface area contributed by atoms with Crippen molar-refractivity contribution in [2.45, 2.75) is 59.2 Å². The molecule has 5 nitrogen and oxygen atoms in total. The third-order valence-electron chi connectivity index (χ3n) is 2.85. The molecule has 0 bridgehead atoms. The van der Waals surface area contributed by atoms with Crippen LogP contribution in [0.2, 0.25) is 0 Å². The first kappa shape index (κ1) is 22.7. The Balaban J connectivity index is 0.00000529. The number of nitrogens with one attached hydrogen (secondary N) is 3. The van der Waals surface area contributed by atoms with Crippen molar-refractivity contribution in [3.8, 4) is 0 Å².